The Balaban J connectivity index is -0.0000000904. The minimum atomic E-state index is -0.968. The summed E-state index contributed by atoms with van der Waals surface area (Å²) >= 11 is 0. The molecule has 6 N–H and O–H groups in total. The molecule has 0 radical (unpaired) electrons. The molecule has 0 rings (SSSR count). The van der Waals surface area contributed by atoms with Gasteiger partial charge in [0, 0.05) is 0 Å². The Kier molecular flexibility index (Phi) is 30.6. The molecule has 0 heterocycles. The third-order valence-corrected chi connectivity index (χ3v) is 1.14. The molecule has 6 nitrogen and oxygen atoms in total. The molecular formula is C8H20Cl2N2O4. The lowest BCUT2D eigenvalue weighted by atomic mass is 10.4. The number of quaternary nitrogens is 1. The van der Waals surface area contributed by atoms with Crippen LogP contribution in [0.5, 0.6) is 0 Å². The van der Waals surface area contributed by atoms with Gasteiger partial charge in [0.05, 0.1) is 13.2 Å². The fourth-order valence-corrected chi connectivity index (χ4v) is 0.403. The first-order valence-electron chi connectivity index (χ1n) is 4.45. The molecule has 8 heteroatoms. The van der Waals surface area contributed by atoms with E-state index in [-0.39, 0.29) is 43.9 Å². The lowest BCUT2D eigenvalue weighted by Crippen LogP contribution is -3.00. The molecule has 0 saturated carbocycles. The van der Waals surface area contributed by atoms with Crippen molar-refractivity contribution >= 4 is 24.3 Å². The number of rotatable bonds is 5. The third-order valence-electron chi connectivity index (χ3n) is 1.14. The van der Waals surface area contributed by atoms with Gasteiger partial charge in [-0.1, -0.05) is 13.3 Å². The second-order valence-electron chi connectivity index (χ2n) is 2.42. The Hall–Kier alpha value is -0.560. The van der Waals surface area contributed by atoms with Gasteiger partial charge >= 0.3 is 11.9 Å². The van der Waals surface area contributed by atoms with Crippen LogP contribution in [0, 0.1) is 0 Å². The molecule has 0 spiro atoms. The van der Waals surface area contributed by atoms with Gasteiger partial charge in [-0.2, -0.15) is 0 Å². The molecule has 0 aromatic rings. The van der Waals surface area contributed by atoms with Crippen LogP contribution >= 0.6 is 12.4 Å². The Morgan fingerprint density at radius 2 is 1.88 bits per heavy atom. The lowest BCUT2D eigenvalue weighted by molar-refractivity contribution is -0.359. The minimum Gasteiger partial charge on any atom is -1.00 e. The monoisotopic (exact) mass is 278 g/mol. The van der Waals surface area contributed by atoms with E-state index in [0.717, 1.165) is 12.8 Å². The van der Waals surface area contributed by atoms with E-state index in [1.807, 2.05) is 0 Å². The summed E-state index contributed by atoms with van der Waals surface area (Å²) in [5, 5.41) is 7.60. The molecule has 0 fully saturated rings. The lowest BCUT2D eigenvalue weighted by Gasteiger charge is -1.97. The molecule has 100 valence electrons. The van der Waals surface area contributed by atoms with Gasteiger partial charge in [-0.3, -0.25) is 4.79 Å². The number of hydrogen-bond donors (Lipinski definition) is 3. The largest absolute Gasteiger partial charge is 1.00 e. The zero-order valence-electron chi connectivity index (χ0n) is 9.28. The fraction of sp³-hybridized carbons (Fsp3) is 0.750. The molecule has 0 bridgehead atoms. The van der Waals surface area contributed by atoms with Gasteiger partial charge in [0.2, 0.25) is 0 Å². The van der Waals surface area contributed by atoms with Crippen molar-refractivity contribution < 1.29 is 37.6 Å². The quantitative estimate of drug-likeness (QED) is 0.350. The molecule has 0 amide bonds. The van der Waals surface area contributed by atoms with E-state index >= 15 is 0 Å². The van der Waals surface area contributed by atoms with Crippen molar-refractivity contribution in [3.63, 3.8) is 0 Å². The zero-order valence-corrected chi connectivity index (χ0v) is 10.9. The van der Waals surface area contributed by atoms with Crippen molar-refractivity contribution in [3.05, 3.63) is 0 Å². The summed E-state index contributed by atoms with van der Waals surface area (Å²) < 4.78 is 4.73. The average molecular weight is 279 g/mol. The smallest absolute Gasteiger partial charge is 0.361 e. The van der Waals surface area contributed by atoms with Gasteiger partial charge < -0.3 is 33.7 Å². The zero-order chi connectivity index (χ0) is 11.4. The molecule has 0 aromatic carbocycles. The molecule has 0 aliphatic heterocycles. The van der Waals surface area contributed by atoms with E-state index in [9.17, 15) is 9.59 Å². The van der Waals surface area contributed by atoms with Crippen molar-refractivity contribution in [2.45, 2.75) is 19.8 Å². The van der Waals surface area contributed by atoms with E-state index < -0.39 is 5.97 Å². The number of esters is 1. The predicted molar refractivity (Wildman–Crippen MR) is 57.6 cm³/mol. The van der Waals surface area contributed by atoms with Crippen LogP contribution in [0.15, 0.2) is 0 Å². The minimum absolute atomic E-state index is 0. The number of halogens is 2. The van der Waals surface area contributed by atoms with E-state index in [1.165, 1.54) is 0 Å². The first-order valence-corrected chi connectivity index (χ1v) is 4.45. The summed E-state index contributed by atoms with van der Waals surface area (Å²) in [5.74, 6) is -1.17. The maximum Gasteiger partial charge on any atom is 0.361 e. The van der Waals surface area contributed by atoms with Crippen LogP contribution in [0.2, 0.25) is 0 Å². The van der Waals surface area contributed by atoms with E-state index in [4.69, 9.17) is 9.84 Å². The van der Waals surface area contributed by atoms with Gasteiger partial charge in [0.1, 0.15) is 0 Å². The molecule has 0 atom stereocenters. The number of carbonyl (C=O) groups is 2. The highest BCUT2D eigenvalue weighted by molar-refractivity contribution is 5.85. The Morgan fingerprint density at radius 3 is 2.12 bits per heavy atom. The predicted octanol–water partition coefficient (Wildman–Crippen LogP) is -3.97. The van der Waals surface area contributed by atoms with Crippen molar-refractivity contribution in [3.8, 4) is 0 Å². The molecule has 0 aromatic heterocycles. The summed E-state index contributed by atoms with van der Waals surface area (Å²) in [4.78, 5) is 19.6. The van der Waals surface area contributed by atoms with E-state index in [0.29, 0.717) is 6.61 Å². The van der Waals surface area contributed by atoms with Crippen LogP contribution < -0.4 is 23.9 Å². The summed E-state index contributed by atoms with van der Waals surface area (Å²) in [6.45, 7) is 2.56. The summed E-state index contributed by atoms with van der Waals surface area (Å²) in [5.41, 5.74) is 7.96. The average Bonchev–Trinajstić information content (AvgIpc) is 2.19. The number of carbonyl (C=O) groups excluding carboxylic acids is 1. The normalized spacial score (nSPS) is 7.44. The van der Waals surface area contributed by atoms with Crippen LogP contribution in [0.4, 0.5) is 0 Å². The molecular weight excluding hydrogens is 259 g/mol. The van der Waals surface area contributed by atoms with Gasteiger partial charge in [-0.05, 0) is 6.42 Å². The Morgan fingerprint density at radius 1 is 1.44 bits per heavy atom. The first kappa shape index (κ1) is 24.6. The van der Waals surface area contributed by atoms with Gasteiger partial charge in [0.25, 0.3) is 0 Å². The number of carboxylic acid groups (broad SMARTS) is 1. The third kappa shape index (κ3) is 29.2. The number of ether oxygens (including phenoxy) is 1. The molecule has 16 heavy (non-hydrogen) atoms. The number of nitrogens with two attached hydrogens (primary N) is 1. The number of carboxylic acids is 1. The van der Waals surface area contributed by atoms with Crippen LogP contribution in [-0.4, -0.2) is 36.7 Å². The van der Waals surface area contributed by atoms with Crippen LogP contribution in [0.1, 0.15) is 19.8 Å². The highest BCUT2D eigenvalue weighted by Gasteiger charge is 1.97. The SMILES string of the molecule is CCCCOC(=O)C[NH3+].Cl.NCC(=O)O.[Cl-]. The fourth-order valence-electron chi connectivity index (χ4n) is 0.403. The van der Waals surface area contributed by atoms with Crippen molar-refractivity contribution in [1.82, 2.24) is 0 Å². The van der Waals surface area contributed by atoms with Gasteiger partial charge in [0.15, 0.2) is 6.54 Å². The summed E-state index contributed by atoms with van der Waals surface area (Å²) in [6.07, 6.45) is 2.01. The van der Waals surface area contributed by atoms with Crippen LogP contribution in [-0.2, 0) is 14.3 Å². The highest BCUT2D eigenvalue weighted by atomic mass is 35.5. The van der Waals surface area contributed by atoms with E-state index in [2.05, 4.69) is 18.4 Å². The molecule has 0 saturated heterocycles. The van der Waals surface area contributed by atoms with Crippen molar-refractivity contribution in [1.29, 1.82) is 0 Å². The molecule has 0 aliphatic carbocycles. The van der Waals surface area contributed by atoms with Crippen LogP contribution in [0.25, 0.3) is 0 Å². The maximum absolute atomic E-state index is 10.4. The number of hydrogen-bond acceptors (Lipinski definition) is 4. The summed E-state index contributed by atoms with van der Waals surface area (Å²) in [6, 6.07) is 0. The Bertz CT molecular complexity index is 170. The maximum atomic E-state index is 10.4. The topological polar surface area (TPSA) is 117 Å². The Labute approximate surface area is 108 Å². The second-order valence-corrected chi connectivity index (χ2v) is 2.42. The van der Waals surface area contributed by atoms with Gasteiger partial charge in [-0.25, -0.2) is 4.79 Å². The second kappa shape index (κ2) is 19.9. The standard InChI is InChI=1S/C6H13NO2.C2H5NO2.2ClH/c1-2-3-4-9-6(8)5-7;3-1-2(4)5;;/h2-5,7H2,1H3;1,3H2,(H,4,5);2*1H. The van der Waals surface area contributed by atoms with Crippen molar-refractivity contribution in [2.24, 2.45) is 5.73 Å². The van der Waals surface area contributed by atoms with Crippen LogP contribution in [0.3, 0.4) is 0 Å². The van der Waals surface area contributed by atoms with Gasteiger partial charge in [-0.15, -0.1) is 12.4 Å². The molecule has 0 aliphatic rings. The number of unbranched alkanes of at least 4 members (excludes halogenated alkanes) is 1. The molecule has 0 unspecified atom stereocenters. The number of aliphatic carboxylic acids is 1. The highest BCUT2D eigenvalue weighted by Crippen LogP contribution is 1.86. The summed E-state index contributed by atoms with van der Waals surface area (Å²) in [7, 11) is 0. The van der Waals surface area contributed by atoms with E-state index in [1.54, 1.807) is 0 Å². The first-order chi connectivity index (χ1) is 6.58. The van der Waals surface area contributed by atoms with Crippen molar-refractivity contribution in [2.75, 3.05) is 19.7 Å².